The number of hydrogen-bond donors (Lipinski definition) is 1. The number of piperazine rings is 1. The number of carbonyl (C=O) groups is 1. The molecule has 2 aromatic rings. The molecule has 7 nitrogen and oxygen atoms in total. The van der Waals surface area contributed by atoms with E-state index in [1.807, 2.05) is 29.1 Å². The van der Waals surface area contributed by atoms with Crippen LogP contribution in [0.3, 0.4) is 0 Å². The Labute approximate surface area is 155 Å². The van der Waals surface area contributed by atoms with Gasteiger partial charge in [0.05, 0.1) is 6.54 Å². The van der Waals surface area contributed by atoms with E-state index in [4.69, 9.17) is 0 Å². The Morgan fingerprint density at radius 2 is 2.04 bits per heavy atom. The topological polar surface area (TPSA) is 56.6 Å². The van der Waals surface area contributed by atoms with Crippen molar-refractivity contribution < 1.29 is 4.79 Å². The highest BCUT2D eigenvalue weighted by Gasteiger charge is 2.16. The second kappa shape index (κ2) is 8.71. The number of hydrogen-bond acceptors (Lipinski definition) is 4. The van der Waals surface area contributed by atoms with Gasteiger partial charge in [-0.15, -0.1) is 0 Å². The Morgan fingerprint density at radius 3 is 2.73 bits per heavy atom. The van der Waals surface area contributed by atoms with Gasteiger partial charge in [-0.3, -0.25) is 4.68 Å². The van der Waals surface area contributed by atoms with E-state index in [0.29, 0.717) is 13.1 Å². The maximum absolute atomic E-state index is 12.4. The van der Waals surface area contributed by atoms with Crippen molar-refractivity contribution in [2.24, 2.45) is 0 Å². The monoisotopic (exact) mass is 356 g/mol. The molecule has 1 fully saturated rings. The highest BCUT2D eigenvalue weighted by Crippen LogP contribution is 2.21. The van der Waals surface area contributed by atoms with Gasteiger partial charge >= 0.3 is 6.03 Å². The van der Waals surface area contributed by atoms with E-state index in [1.165, 1.54) is 0 Å². The normalized spacial score (nSPS) is 15.1. The molecule has 7 heteroatoms. The van der Waals surface area contributed by atoms with Crippen LogP contribution in [0.4, 0.5) is 16.2 Å². The molecular weight excluding hydrogens is 328 g/mol. The molecule has 1 aromatic heterocycles. The second-order valence-corrected chi connectivity index (χ2v) is 6.59. The summed E-state index contributed by atoms with van der Waals surface area (Å²) in [5, 5.41) is 7.15. The fraction of sp³-hybridized carbons (Fsp3) is 0.474. The van der Waals surface area contributed by atoms with Gasteiger partial charge in [0.1, 0.15) is 0 Å². The van der Waals surface area contributed by atoms with Crippen LogP contribution in [0.1, 0.15) is 6.92 Å². The highest BCUT2D eigenvalue weighted by molar-refractivity contribution is 5.89. The molecule has 1 aliphatic rings. The second-order valence-electron chi connectivity index (χ2n) is 6.59. The molecule has 1 saturated heterocycles. The Morgan fingerprint density at radius 1 is 1.23 bits per heavy atom. The fourth-order valence-corrected chi connectivity index (χ4v) is 3.11. The number of nitrogens with one attached hydrogen (secondary N) is 1. The zero-order valence-corrected chi connectivity index (χ0v) is 15.6. The minimum atomic E-state index is -0.106. The van der Waals surface area contributed by atoms with Crippen LogP contribution < -0.4 is 10.2 Å². The lowest BCUT2D eigenvalue weighted by Gasteiger charge is -2.35. The van der Waals surface area contributed by atoms with Gasteiger partial charge in [-0.25, -0.2) is 4.79 Å². The molecular formula is C19H28N6O. The van der Waals surface area contributed by atoms with Crippen LogP contribution >= 0.6 is 0 Å². The van der Waals surface area contributed by atoms with E-state index < -0.39 is 0 Å². The third-order valence-electron chi connectivity index (χ3n) is 4.85. The van der Waals surface area contributed by atoms with Crippen LogP contribution in [0.5, 0.6) is 0 Å². The molecule has 2 amide bonds. The van der Waals surface area contributed by atoms with Crippen LogP contribution in [0.25, 0.3) is 0 Å². The summed E-state index contributed by atoms with van der Waals surface area (Å²) in [6, 6.07) is 9.88. The first kappa shape index (κ1) is 18.3. The molecule has 0 aliphatic carbocycles. The third kappa shape index (κ3) is 4.76. The first-order valence-electron chi connectivity index (χ1n) is 9.22. The Bertz CT molecular complexity index is 694. The molecule has 0 unspecified atom stereocenters. The summed E-state index contributed by atoms with van der Waals surface area (Å²) < 4.78 is 1.82. The molecule has 0 bridgehead atoms. The predicted octanol–water partition coefficient (Wildman–Crippen LogP) is 2.19. The number of urea groups is 1. The number of nitrogens with zero attached hydrogens (tertiary/aromatic N) is 5. The van der Waals surface area contributed by atoms with Crippen LogP contribution in [0.15, 0.2) is 42.7 Å². The highest BCUT2D eigenvalue weighted by atomic mass is 16.2. The van der Waals surface area contributed by atoms with Crippen molar-refractivity contribution in [1.82, 2.24) is 19.6 Å². The summed E-state index contributed by atoms with van der Waals surface area (Å²) in [5.41, 5.74) is 1.99. The molecule has 26 heavy (non-hydrogen) atoms. The van der Waals surface area contributed by atoms with E-state index in [-0.39, 0.29) is 6.03 Å². The van der Waals surface area contributed by atoms with Gasteiger partial charge in [-0.1, -0.05) is 13.0 Å². The Kier molecular flexibility index (Phi) is 6.12. The summed E-state index contributed by atoms with van der Waals surface area (Å²) in [7, 11) is 1.80. The predicted molar refractivity (Wildman–Crippen MR) is 105 cm³/mol. The van der Waals surface area contributed by atoms with E-state index >= 15 is 0 Å². The lowest BCUT2D eigenvalue weighted by Crippen LogP contribution is -2.46. The van der Waals surface area contributed by atoms with E-state index in [0.717, 1.165) is 44.1 Å². The summed E-state index contributed by atoms with van der Waals surface area (Å²) in [6.07, 6.45) is 3.64. The number of benzene rings is 1. The maximum atomic E-state index is 12.4. The van der Waals surface area contributed by atoms with Gasteiger partial charge in [0.15, 0.2) is 0 Å². The van der Waals surface area contributed by atoms with Crippen molar-refractivity contribution in [3.05, 3.63) is 42.7 Å². The zero-order valence-electron chi connectivity index (χ0n) is 15.6. The standard InChI is InChI=1S/C19H28N6O/c1-3-23-11-13-24(14-12-23)18-7-4-6-17(16-18)21-19(26)22(2)10-15-25-9-5-8-20-25/h4-9,16H,3,10-15H2,1-2H3,(H,21,26). The van der Waals surface area contributed by atoms with Gasteiger partial charge in [0, 0.05) is 63.5 Å². The van der Waals surface area contributed by atoms with Gasteiger partial charge in [0.2, 0.25) is 0 Å². The van der Waals surface area contributed by atoms with Crippen LogP contribution in [0, 0.1) is 0 Å². The molecule has 0 saturated carbocycles. The molecule has 0 radical (unpaired) electrons. The summed E-state index contributed by atoms with van der Waals surface area (Å²) in [6.45, 7) is 8.81. The number of likely N-dealkylation sites (N-methyl/N-ethyl adjacent to an activating group) is 2. The van der Waals surface area contributed by atoms with Crippen molar-refractivity contribution in [2.75, 3.05) is 56.5 Å². The summed E-state index contributed by atoms with van der Waals surface area (Å²) in [5.74, 6) is 0. The summed E-state index contributed by atoms with van der Waals surface area (Å²) in [4.78, 5) is 18.9. The minimum Gasteiger partial charge on any atom is -0.369 e. The van der Waals surface area contributed by atoms with Crippen LogP contribution in [0.2, 0.25) is 0 Å². The molecule has 1 N–H and O–H groups in total. The lowest BCUT2D eigenvalue weighted by molar-refractivity contribution is 0.220. The number of rotatable bonds is 6. The zero-order chi connectivity index (χ0) is 18.4. The molecule has 140 valence electrons. The number of aromatic nitrogens is 2. The van der Waals surface area contributed by atoms with Gasteiger partial charge in [0.25, 0.3) is 0 Å². The van der Waals surface area contributed by atoms with Crippen molar-refractivity contribution in [1.29, 1.82) is 0 Å². The average molecular weight is 356 g/mol. The SMILES string of the molecule is CCN1CCN(c2cccc(NC(=O)N(C)CCn3cccn3)c2)CC1. The number of carbonyl (C=O) groups excluding carboxylic acids is 1. The lowest BCUT2D eigenvalue weighted by atomic mass is 10.2. The first-order chi connectivity index (χ1) is 12.7. The summed E-state index contributed by atoms with van der Waals surface area (Å²) >= 11 is 0. The number of amides is 2. The molecule has 0 spiro atoms. The van der Waals surface area contributed by atoms with E-state index in [2.05, 4.69) is 39.3 Å². The van der Waals surface area contributed by atoms with Crippen LogP contribution in [-0.4, -0.2) is 71.9 Å². The molecule has 3 rings (SSSR count). The molecule has 1 aliphatic heterocycles. The molecule has 2 heterocycles. The van der Waals surface area contributed by atoms with Crippen molar-refractivity contribution in [3.8, 4) is 0 Å². The average Bonchev–Trinajstić information content (AvgIpc) is 3.20. The van der Waals surface area contributed by atoms with Crippen LogP contribution in [-0.2, 0) is 6.54 Å². The number of anilines is 2. The smallest absolute Gasteiger partial charge is 0.321 e. The maximum Gasteiger partial charge on any atom is 0.321 e. The van der Waals surface area contributed by atoms with Gasteiger partial charge in [-0.05, 0) is 30.8 Å². The first-order valence-corrected chi connectivity index (χ1v) is 9.22. The largest absolute Gasteiger partial charge is 0.369 e. The molecule has 0 atom stereocenters. The van der Waals surface area contributed by atoms with E-state index in [1.54, 1.807) is 18.1 Å². The van der Waals surface area contributed by atoms with Crippen molar-refractivity contribution in [2.45, 2.75) is 13.5 Å². The Balaban J connectivity index is 1.53. The fourth-order valence-electron chi connectivity index (χ4n) is 3.11. The minimum absolute atomic E-state index is 0.106. The van der Waals surface area contributed by atoms with Gasteiger partial charge in [-0.2, -0.15) is 5.10 Å². The van der Waals surface area contributed by atoms with Crippen molar-refractivity contribution in [3.63, 3.8) is 0 Å². The van der Waals surface area contributed by atoms with Crippen molar-refractivity contribution >= 4 is 17.4 Å². The molecule has 1 aromatic carbocycles. The van der Waals surface area contributed by atoms with E-state index in [9.17, 15) is 4.79 Å². The quantitative estimate of drug-likeness (QED) is 0.862. The third-order valence-corrected chi connectivity index (χ3v) is 4.85. The Hall–Kier alpha value is -2.54. The van der Waals surface area contributed by atoms with Gasteiger partial charge < -0.3 is 20.0 Å².